The van der Waals surface area contributed by atoms with Crippen molar-refractivity contribution in [2.45, 2.75) is 0 Å². The predicted molar refractivity (Wildman–Crippen MR) is 287 cm³/mol. The molecule has 0 aliphatic carbocycles. The van der Waals surface area contributed by atoms with Gasteiger partial charge < -0.3 is 4.57 Å². The number of rotatable bonds is 8. The van der Waals surface area contributed by atoms with Gasteiger partial charge in [0.25, 0.3) is 0 Å². The van der Waals surface area contributed by atoms with Crippen molar-refractivity contribution >= 4 is 49.3 Å². The Hall–Kier alpha value is -9.70. The van der Waals surface area contributed by atoms with E-state index < -0.39 is 0 Å². The molecule has 0 aliphatic heterocycles. The minimum atomic E-state index is 0.456. The molecular formula is C64H40N6. The minimum absolute atomic E-state index is 0.456. The van der Waals surface area contributed by atoms with Crippen LogP contribution in [0.15, 0.2) is 243 Å². The topological polar surface area (TPSA) is 52.9 Å². The van der Waals surface area contributed by atoms with Gasteiger partial charge in [0.15, 0.2) is 17.3 Å². The number of benzene rings is 10. The van der Waals surface area contributed by atoms with Gasteiger partial charge in [0, 0.05) is 32.7 Å². The first-order valence-corrected chi connectivity index (χ1v) is 23.4. The van der Waals surface area contributed by atoms with Crippen LogP contribution >= 0.6 is 0 Å². The molecule has 0 atom stereocenters. The molecule has 0 saturated carbocycles. The zero-order valence-electron chi connectivity index (χ0n) is 37.8. The molecule has 3 aromatic heterocycles. The van der Waals surface area contributed by atoms with E-state index in [1.54, 1.807) is 0 Å². The maximum absolute atomic E-state index is 8.25. The van der Waals surface area contributed by atoms with Crippen molar-refractivity contribution in [2.24, 2.45) is 0 Å². The molecule has 6 heteroatoms. The molecule has 3 heterocycles. The van der Waals surface area contributed by atoms with E-state index in [1.807, 2.05) is 60.7 Å². The summed E-state index contributed by atoms with van der Waals surface area (Å²) in [5.74, 6) is 1.46. The molecule has 326 valence electrons. The van der Waals surface area contributed by atoms with Gasteiger partial charge in [-0.3, -0.25) is 4.57 Å². The van der Waals surface area contributed by atoms with Crippen LogP contribution in [0.5, 0.6) is 0 Å². The molecule has 10 aromatic carbocycles. The smallest absolute Gasteiger partial charge is 0.238 e. The van der Waals surface area contributed by atoms with Gasteiger partial charge >= 0.3 is 0 Å². The van der Waals surface area contributed by atoms with Crippen molar-refractivity contribution in [2.75, 3.05) is 0 Å². The van der Waals surface area contributed by atoms with Crippen LogP contribution in [0.4, 0.5) is 5.69 Å². The third-order valence-corrected chi connectivity index (χ3v) is 13.4. The molecule has 0 spiro atoms. The van der Waals surface area contributed by atoms with Crippen molar-refractivity contribution in [1.82, 2.24) is 24.1 Å². The summed E-state index contributed by atoms with van der Waals surface area (Å²) in [7, 11) is 0. The third-order valence-electron chi connectivity index (χ3n) is 13.4. The summed E-state index contributed by atoms with van der Waals surface area (Å²) in [4.78, 5) is 20.1. The van der Waals surface area contributed by atoms with Crippen LogP contribution < -0.4 is 0 Å². The Balaban J connectivity index is 1.08. The molecule has 0 radical (unpaired) electrons. The molecule has 0 aliphatic rings. The molecule has 0 bridgehead atoms. The Morgan fingerprint density at radius 3 is 1.04 bits per heavy atom. The van der Waals surface area contributed by atoms with Crippen LogP contribution in [-0.4, -0.2) is 24.1 Å². The normalized spacial score (nSPS) is 11.4. The van der Waals surface area contributed by atoms with Crippen molar-refractivity contribution in [3.05, 3.63) is 254 Å². The molecule has 0 saturated heterocycles. The average molecular weight is 893 g/mol. The number of aromatic nitrogens is 5. The predicted octanol–water partition coefficient (Wildman–Crippen LogP) is 16.6. The first-order chi connectivity index (χ1) is 34.6. The largest absolute Gasteiger partial charge is 0.309 e. The number of nitrogens with zero attached hydrogens (tertiary/aromatic N) is 6. The van der Waals surface area contributed by atoms with Crippen molar-refractivity contribution < 1.29 is 0 Å². The highest BCUT2D eigenvalue weighted by molar-refractivity contribution is 6.13. The Bertz CT molecular complexity index is 3960. The van der Waals surface area contributed by atoms with Gasteiger partial charge in [0.05, 0.1) is 34.3 Å². The van der Waals surface area contributed by atoms with E-state index in [0.717, 1.165) is 99.4 Å². The van der Waals surface area contributed by atoms with Crippen molar-refractivity contribution in [3.8, 4) is 78.9 Å². The highest BCUT2D eigenvalue weighted by Crippen LogP contribution is 2.42. The fraction of sp³-hybridized carbons (Fsp3) is 0. The molecule has 13 aromatic rings. The van der Waals surface area contributed by atoms with Crippen LogP contribution in [0.2, 0.25) is 0 Å². The van der Waals surface area contributed by atoms with Gasteiger partial charge in [0.1, 0.15) is 0 Å². The summed E-state index contributed by atoms with van der Waals surface area (Å²) in [5.41, 5.74) is 16.0. The van der Waals surface area contributed by atoms with E-state index in [-0.39, 0.29) is 0 Å². The SMILES string of the molecule is [C-]#[N+]c1ccc(-n2c3ccc(-c4ccccc4)cc3c3cc(-c4ccccc4)ccc32)c(-c2nc(-c3ccccc3)nc(-n3c4ccc(-c5ccccc5)cc4c4cc(-c5ccccc5)ccc43)n2)c1. The standard InChI is InChI=1S/C64H40N6/c1-65-51-31-36-61(69-57-32-27-47(42-17-7-2-8-18-42)37-52(57)53-38-48(28-33-58(53)69)43-19-9-3-10-20-43)56(41-51)63-66-62(46-25-15-6-16-26-46)67-64(68-63)70-59-34-29-49(44-21-11-4-12-22-44)39-54(59)55-40-50(30-35-60(55)70)45-23-13-5-14-24-45/h2-41H. The monoisotopic (exact) mass is 892 g/mol. The molecule has 0 unspecified atom stereocenters. The zero-order chi connectivity index (χ0) is 46.5. The van der Waals surface area contributed by atoms with Gasteiger partial charge in [-0.25, -0.2) is 9.83 Å². The molecule has 6 nitrogen and oxygen atoms in total. The lowest BCUT2D eigenvalue weighted by molar-refractivity contribution is 0.952. The average Bonchev–Trinajstić information content (AvgIpc) is 3.95. The van der Waals surface area contributed by atoms with Crippen molar-refractivity contribution in [1.29, 1.82) is 0 Å². The summed E-state index contributed by atoms with van der Waals surface area (Å²) in [6.07, 6.45) is 0. The van der Waals surface area contributed by atoms with E-state index >= 15 is 0 Å². The van der Waals surface area contributed by atoms with E-state index in [9.17, 15) is 0 Å². The lowest BCUT2D eigenvalue weighted by Gasteiger charge is -2.16. The number of fused-ring (bicyclic) bond motifs is 6. The van der Waals surface area contributed by atoms with Gasteiger partial charge in [-0.1, -0.05) is 182 Å². The summed E-state index contributed by atoms with van der Waals surface area (Å²) < 4.78 is 4.47. The summed E-state index contributed by atoms with van der Waals surface area (Å²) in [6, 6.07) is 84.7. The molecule has 70 heavy (non-hydrogen) atoms. The summed E-state index contributed by atoms with van der Waals surface area (Å²) >= 11 is 0. The van der Waals surface area contributed by atoms with Crippen LogP contribution in [-0.2, 0) is 0 Å². The Labute approximate surface area is 404 Å². The quantitative estimate of drug-likeness (QED) is 0.143. The summed E-state index contributed by atoms with van der Waals surface area (Å²) in [6.45, 7) is 8.25. The lowest BCUT2D eigenvalue weighted by Crippen LogP contribution is -2.08. The second kappa shape index (κ2) is 16.9. The van der Waals surface area contributed by atoms with Crippen LogP contribution in [0.3, 0.4) is 0 Å². The Morgan fingerprint density at radius 1 is 0.300 bits per heavy atom. The first-order valence-electron chi connectivity index (χ1n) is 23.4. The second-order valence-electron chi connectivity index (χ2n) is 17.5. The van der Waals surface area contributed by atoms with E-state index in [1.165, 1.54) is 0 Å². The molecule has 0 N–H and O–H groups in total. The summed E-state index contributed by atoms with van der Waals surface area (Å²) in [5, 5.41) is 4.41. The highest BCUT2D eigenvalue weighted by atomic mass is 15.2. The van der Waals surface area contributed by atoms with Gasteiger partial charge in [0.2, 0.25) is 5.95 Å². The fourth-order valence-corrected chi connectivity index (χ4v) is 10.0. The van der Waals surface area contributed by atoms with E-state index in [4.69, 9.17) is 21.5 Å². The van der Waals surface area contributed by atoms with Gasteiger partial charge in [-0.2, -0.15) is 9.97 Å². The van der Waals surface area contributed by atoms with Crippen LogP contribution in [0.25, 0.3) is 127 Å². The molecule has 13 rings (SSSR count). The van der Waals surface area contributed by atoms with Crippen LogP contribution in [0.1, 0.15) is 0 Å². The first kappa shape index (κ1) is 40.6. The maximum atomic E-state index is 8.25. The third kappa shape index (κ3) is 7.01. The Kier molecular flexibility index (Phi) is 9.78. The van der Waals surface area contributed by atoms with Crippen LogP contribution in [0, 0.1) is 6.57 Å². The number of hydrogen-bond acceptors (Lipinski definition) is 3. The minimum Gasteiger partial charge on any atom is -0.309 e. The fourth-order valence-electron chi connectivity index (χ4n) is 10.0. The number of hydrogen-bond donors (Lipinski definition) is 0. The second-order valence-corrected chi connectivity index (χ2v) is 17.5. The highest BCUT2D eigenvalue weighted by Gasteiger charge is 2.23. The molecule has 0 fully saturated rings. The van der Waals surface area contributed by atoms with E-state index in [2.05, 4.69) is 196 Å². The lowest BCUT2D eigenvalue weighted by atomic mass is 10.0. The zero-order valence-corrected chi connectivity index (χ0v) is 37.8. The molecular weight excluding hydrogens is 853 g/mol. The molecule has 0 amide bonds. The van der Waals surface area contributed by atoms with E-state index in [0.29, 0.717) is 28.8 Å². The van der Waals surface area contributed by atoms with Crippen molar-refractivity contribution in [3.63, 3.8) is 0 Å². The Morgan fingerprint density at radius 2 is 0.657 bits per heavy atom. The maximum Gasteiger partial charge on any atom is 0.238 e. The van der Waals surface area contributed by atoms with Gasteiger partial charge in [-0.05, 0) is 105 Å². The van der Waals surface area contributed by atoms with Gasteiger partial charge in [-0.15, -0.1) is 0 Å².